The molecule has 0 atom stereocenters. The Labute approximate surface area is 348 Å². The van der Waals surface area contributed by atoms with Crippen molar-refractivity contribution < 1.29 is 51.3 Å². The van der Waals surface area contributed by atoms with E-state index in [4.69, 9.17) is 35.4 Å². The van der Waals surface area contributed by atoms with Crippen LogP contribution < -0.4 is 4.74 Å². The minimum atomic E-state index is -4.78. The van der Waals surface area contributed by atoms with E-state index in [1.165, 1.54) is 18.2 Å². The molecule has 4 heterocycles. The van der Waals surface area contributed by atoms with Crippen molar-refractivity contribution in [2.45, 2.75) is 44.1 Å². The van der Waals surface area contributed by atoms with Crippen LogP contribution in [-0.4, -0.2) is 70.4 Å². The lowest BCUT2D eigenvalue weighted by atomic mass is 10.1. The Morgan fingerprint density at radius 1 is 0.831 bits per heavy atom. The summed E-state index contributed by atoms with van der Waals surface area (Å²) in [4.78, 5) is 29.6. The first-order valence-electron chi connectivity index (χ1n) is 17.3. The van der Waals surface area contributed by atoms with E-state index < -0.39 is 18.3 Å². The number of H-pyrrole nitrogens is 2. The van der Waals surface area contributed by atoms with Crippen LogP contribution in [0.1, 0.15) is 32.1 Å². The predicted molar refractivity (Wildman–Crippen MR) is 216 cm³/mol. The molecular formula is C39H36ClF3N6O8S2. The van der Waals surface area contributed by atoms with Crippen molar-refractivity contribution in [1.29, 1.82) is 0 Å². The quantitative estimate of drug-likeness (QED) is 0.0406. The Balaban J connectivity index is 0.000000254. The van der Waals surface area contributed by atoms with Gasteiger partial charge >= 0.3 is 18.3 Å². The molecule has 0 saturated heterocycles. The fourth-order valence-electron chi connectivity index (χ4n) is 4.46. The molecule has 0 spiro atoms. The number of halogens is 4. The number of furan rings is 2. The zero-order chi connectivity index (χ0) is 42.8. The van der Waals surface area contributed by atoms with Gasteiger partial charge in [0.25, 0.3) is 0 Å². The van der Waals surface area contributed by atoms with Gasteiger partial charge in [-0.05, 0) is 61.0 Å². The Hall–Kier alpha value is -6.18. The molecule has 14 nitrogen and oxygen atoms in total. The van der Waals surface area contributed by atoms with E-state index in [1.807, 2.05) is 51.1 Å². The minimum absolute atomic E-state index is 0.122. The molecule has 0 aliphatic carbocycles. The highest BCUT2D eigenvalue weighted by Gasteiger charge is 2.31. The average molecular weight is 873 g/mol. The third-order valence-corrected chi connectivity index (χ3v) is 8.89. The summed E-state index contributed by atoms with van der Waals surface area (Å²) in [5, 5.41) is 31.7. The number of nitrogens with one attached hydrogen (secondary N) is 2. The van der Waals surface area contributed by atoms with Gasteiger partial charge in [0.2, 0.25) is 10.3 Å². The number of alkyl halides is 3. The first kappa shape index (κ1) is 45.5. The van der Waals surface area contributed by atoms with E-state index in [0.29, 0.717) is 56.8 Å². The molecule has 59 heavy (non-hydrogen) atoms. The van der Waals surface area contributed by atoms with Crippen LogP contribution >= 0.6 is 35.1 Å². The van der Waals surface area contributed by atoms with Gasteiger partial charge in [-0.15, -0.1) is 23.4 Å². The van der Waals surface area contributed by atoms with Gasteiger partial charge in [-0.2, -0.15) is 9.97 Å². The number of aromatic amines is 2. The maximum Gasteiger partial charge on any atom is 0.573 e. The highest BCUT2D eigenvalue weighted by Crippen LogP contribution is 2.32. The number of hydrogen-bond donors (Lipinski definition) is 4. The molecule has 4 aromatic heterocycles. The summed E-state index contributed by atoms with van der Waals surface area (Å²) in [6, 6.07) is 21.9. The molecule has 0 aliphatic heterocycles. The van der Waals surface area contributed by atoms with Gasteiger partial charge in [0.1, 0.15) is 23.9 Å². The number of carboxylic acids is 2. The monoisotopic (exact) mass is 872 g/mol. The molecular weight excluding hydrogens is 837 g/mol. The standard InChI is InChI=1S/C22H20ClN3O4S.C15H10F3N3O4S.C2H6/c1-2-17(23)12-16(10-11-29-13-15-6-4-3-5-7-15)18-8-9-19(30-18)21-24-22(26-25-21)31-14-20(27)28;16-15(17,18)25-9-3-1-2-8(6-9)10-4-5-11(24-10)13-19-14(21-20-13)26-7-12(22)23;1-2/h2-12H,13-14H2,1H3,(H,27,28)(H,24,25,26);1-6H,7H2,(H,22,23)(H,19,20,21);1-2H3/b11-10+,16-12+,17-2+;;. The second-order valence-corrected chi connectivity index (χ2v) is 13.4. The average Bonchev–Trinajstić information content (AvgIpc) is 4.06. The number of hydrogen-bond acceptors (Lipinski definition) is 12. The highest BCUT2D eigenvalue weighted by molar-refractivity contribution is 8.00. The number of thioether (sulfide) groups is 2. The lowest BCUT2D eigenvalue weighted by Crippen LogP contribution is -2.17. The molecule has 0 unspecified atom stereocenters. The molecule has 6 aromatic rings. The van der Waals surface area contributed by atoms with Crippen molar-refractivity contribution in [3.05, 3.63) is 120 Å². The number of allylic oxidation sites excluding steroid dienone is 5. The molecule has 4 N–H and O–H groups in total. The summed E-state index contributed by atoms with van der Waals surface area (Å²) >= 11 is 8.15. The van der Waals surface area contributed by atoms with E-state index in [-0.39, 0.29) is 28.2 Å². The Bertz CT molecular complexity index is 2360. The zero-order valence-corrected chi connectivity index (χ0v) is 33.8. The van der Waals surface area contributed by atoms with Gasteiger partial charge in [-0.1, -0.05) is 97.5 Å². The predicted octanol–water partition coefficient (Wildman–Crippen LogP) is 10.3. The van der Waals surface area contributed by atoms with Crippen molar-refractivity contribution >= 4 is 52.6 Å². The molecule has 0 aliphatic rings. The summed E-state index contributed by atoms with van der Waals surface area (Å²) in [5.74, 6) is -0.296. The SMILES string of the molecule is CC.C\C=C(Cl)/C=C(\C=C\OCc1ccccc1)c1ccc(-c2nc(SCC(=O)O)n[nH]2)o1.O=C(O)CSc1n[nH]c(-c2ccc(-c3cccc(OC(F)(F)F)c3)o2)n1. The van der Waals surface area contributed by atoms with E-state index >= 15 is 0 Å². The second kappa shape index (κ2) is 22.7. The van der Waals surface area contributed by atoms with Gasteiger partial charge in [-0.25, -0.2) is 0 Å². The van der Waals surface area contributed by atoms with Crippen LogP contribution in [0.2, 0.25) is 0 Å². The Morgan fingerprint density at radius 2 is 1.42 bits per heavy atom. The van der Waals surface area contributed by atoms with Crippen LogP contribution in [0.5, 0.6) is 5.75 Å². The van der Waals surface area contributed by atoms with Gasteiger partial charge in [0.05, 0.1) is 17.8 Å². The van der Waals surface area contributed by atoms with Crippen molar-refractivity contribution in [1.82, 2.24) is 30.4 Å². The molecule has 6 rings (SSSR count). The summed E-state index contributed by atoms with van der Waals surface area (Å²) in [6.45, 7) is 6.28. The van der Waals surface area contributed by atoms with E-state index in [9.17, 15) is 22.8 Å². The third kappa shape index (κ3) is 15.3. The smallest absolute Gasteiger partial charge is 0.496 e. The summed E-state index contributed by atoms with van der Waals surface area (Å²) < 4.78 is 57.9. The van der Waals surface area contributed by atoms with Gasteiger partial charge in [0.15, 0.2) is 23.2 Å². The number of nitrogens with zero attached hydrogens (tertiary/aromatic N) is 4. The lowest BCUT2D eigenvalue weighted by Gasteiger charge is -2.09. The van der Waals surface area contributed by atoms with Crippen molar-refractivity contribution in [2.75, 3.05) is 11.5 Å². The first-order chi connectivity index (χ1) is 28.3. The number of carbonyl (C=O) groups is 2. The van der Waals surface area contributed by atoms with Gasteiger partial charge in [-0.3, -0.25) is 19.8 Å². The molecule has 20 heteroatoms. The number of benzene rings is 2. The number of aromatic nitrogens is 6. The Kier molecular flexibility index (Phi) is 17.5. The van der Waals surface area contributed by atoms with Crippen LogP contribution in [0.15, 0.2) is 128 Å². The number of rotatable bonds is 16. The fraction of sp³-hybridized carbons (Fsp3) is 0.179. The summed E-state index contributed by atoms with van der Waals surface area (Å²) in [5.41, 5.74) is 2.16. The fourth-order valence-corrected chi connectivity index (χ4v) is 5.61. The molecule has 0 bridgehead atoms. The molecule has 0 saturated carbocycles. The molecule has 0 radical (unpaired) electrons. The maximum atomic E-state index is 12.3. The van der Waals surface area contributed by atoms with E-state index in [2.05, 4.69) is 35.1 Å². The van der Waals surface area contributed by atoms with Crippen molar-refractivity contribution in [3.8, 4) is 40.2 Å². The lowest BCUT2D eigenvalue weighted by molar-refractivity contribution is -0.274. The second-order valence-electron chi connectivity index (χ2n) is 11.1. The number of ether oxygens (including phenoxy) is 2. The van der Waals surface area contributed by atoms with Crippen LogP contribution in [0.25, 0.3) is 40.1 Å². The van der Waals surface area contributed by atoms with Gasteiger partial charge in [0, 0.05) is 16.2 Å². The van der Waals surface area contributed by atoms with Crippen LogP contribution in [0.4, 0.5) is 13.2 Å². The van der Waals surface area contributed by atoms with E-state index in [0.717, 1.165) is 29.1 Å². The molecule has 0 fully saturated rings. The van der Waals surface area contributed by atoms with Crippen molar-refractivity contribution in [3.63, 3.8) is 0 Å². The topological polar surface area (TPSA) is 202 Å². The molecule has 2 aromatic carbocycles. The Morgan fingerprint density at radius 3 is 2.02 bits per heavy atom. The third-order valence-electron chi connectivity index (χ3n) is 6.90. The minimum Gasteiger partial charge on any atom is -0.496 e. The summed E-state index contributed by atoms with van der Waals surface area (Å²) in [6.07, 6.45) is 2.12. The first-order valence-corrected chi connectivity index (χ1v) is 19.7. The number of carboxylic acid groups (broad SMARTS) is 2. The zero-order valence-electron chi connectivity index (χ0n) is 31.4. The van der Waals surface area contributed by atoms with E-state index in [1.54, 1.807) is 54.8 Å². The normalized spacial score (nSPS) is 11.7. The highest BCUT2D eigenvalue weighted by atomic mass is 35.5. The van der Waals surface area contributed by atoms with Gasteiger partial charge < -0.3 is 28.5 Å². The maximum absolute atomic E-state index is 12.3. The number of aliphatic carboxylic acids is 2. The molecule has 0 amide bonds. The van der Waals surface area contributed by atoms with Crippen LogP contribution in [0, 0.1) is 0 Å². The summed E-state index contributed by atoms with van der Waals surface area (Å²) in [7, 11) is 0. The van der Waals surface area contributed by atoms with Crippen LogP contribution in [-0.2, 0) is 20.9 Å². The van der Waals surface area contributed by atoms with Crippen molar-refractivity contribution in [2.24, 2.45) is 0 Å². The molecule has 310 valence electrons. The van der Waals surface area contributed by atoms with Crippen LogP contribution in [0.3, 0.4) is 0 Å². The largest absolute Gasteiger partial charge is 0.573 e.